The molecule has 32 heavy (non-hydrogen) atoms. The molecule has 0 amide bonds. The van der Waals surface area contributed by atoms with Gasteiger partial charge in [-0.05, 0) is 50.6 Å². The summed E-state index contributed by atoms with van der Waals surface area (Å²) in [6, 6.07) is 18.4. The summed E-state index contributed by atoms with van der Waals surface area (Å²) in [5.41, 5.74) is 1.76. The number of phenolic OH excluding ortho intramolecular Hbond substituents is 1. The van der Waals surface area contributed by atoms with E-state index in [4.69, 9.17) is 9.47 Å². The molecule has 2 N–H and O–H groups in total. The standard InChI is InChI=1S/C26H24O6/c1-4-21(27)26(30)32-23-12-8-11-19(25(23)31-16(2)3)18-13-14-20(22(28)15-18)24(29)17-9-6-5-7-10-17/h4-16,27-28H,1-3H3. The molecule has 0 fully saturated rings. The minimum atomic E-state index is -0.912. The average Bonchev–Trinajstić information content (AvgIpc) is 2.79. The second-order valence-corrected chi connectivity index (χ2v) is 7.29. The van der Waals surface area contributed by atoms with Gasteiger partial charge in [-0.25, -0.2) is 4.79 Å². The highest BCUT2D eigenvalue weighted by Crippen LogP contribution is 2.40. The molecule has 0 aromatic heterocycles. The summed E-state index contributed by atoms with van der Waals surface area (Å²) < 4.78 is 11.2. The number of carbonyl (C=O) groups is 2. The fourth-order valence-corrected chi connectivity index (χ4v) is 3.09. The van der Waals surface area contributed by atoms with Crippen LogP contribution in [0.4, 0.5) is 0 Å². The summed E-state index contributed by atoms with van der Waals surface area (Å²) in [6.07, 6.45) is 0.992. The van der Waals surface area contributed by atoms with Gasteiger partial charge in [0, 0.05) is 11.1 Å². The molecule has 6 heteroatoms. The highest BCUT2D eigenvalue weighted by atomic mass is 16.6. The summed E-state index contributed by atoms with van der Waals surface area (Å²) in [5.74, 6) is -1.50. The topological polar surface area (TPSA) is 93.1 Å². The smallest absolute Gasteiger partial charge is 0.378 e. The van der Waals surface area contributed by atoms with Crippen molar-refractivity contribution in [3.8, 4) is 28.4 Å². The fraction of sp³-hybridized carbons (Fsp3) is 0.154. The van der Waals surface area contributed by atoms with Gasteiger partial charge in [0.15, 0.2) is 23.0 Å². The molecule has 0 bridgehead atoms. The molecule has 3 aromatic rings. The predicted molar refractivity (Wildman–Crippen MR) is 121 cm³/mol. The maximum Gasteiger partial charge on any atom is 0.378 e. The predicted octanol–water partition coefficient (Wildman–Crippen LogP) is 5.44. The number of aliphatic hydroxyl groups excluding tert-OH is 1. The van der Waals surface area contributed by atoms with Crippen LogP contribution in [0.3, 0.4) is 0 Å². The van der Waals surface area contributed by atoms with Crippen LogP contribution in [-0.2, 0) is 4.79 Å². The monoisotopic (exact) mass is 432 g/mol. The zero-order chi connectivity index (χ0) is 23.3. The molecule has 0 unspecified atom stereocenters. The van der Waals surface area contributed by atoms with Crippen LogP contribution in [0, 0.1) is 0 Å². The number of carbonyl (C=O) groups excluding carboxylic acids is 2. The van der Waals surface area contributed by atoms with Crippen LogP contribution in [0.25, 0.3) is 11.1 Å². The SMILES string of the molecule is CC=C(O)C(=O)Oc1cccc(-c2ccc(C(=O)c3ccccc3)c(O)c2)c1OC(C)C. The van der Waals surface area contributed by atoms with E-state index in [0.717, 1.165) is 0 Å². The Balaban J connectivity index is 2.03. The summed E-state index contributed by atoms with van der Waals surface area (Å²) in [6.45, 7) is 5.16. The Morgan fingerprint density at radius 1 is 0.969 bits per heavy atom. The number of benzene rings is 3. The molecule has 0 aliphatic carbocycles. The molecule has 0 spiro atoms. The Morgan fingerprint density at radius 2 is 1.69 bits per heavy atom. The summed E-state index contributed by atoms with van der Waals surface area (Å²) in [5, 5.41) is 20.2. The molecule has 6 nitrogen and oxygen atoms in total. The van der Waals surface area contributed by atoms with E-state index in [0.29, 0.717) is 16.7 Å². The molecule has 3 rings (SSSR count). The number of para-hydroxylation sites is 1. The maximum atomic E-state index is 12.7. The van der Waals surface area contributed by atoms with Gasteiger partial charge in [-0.3, -0.25) is 4.79 Å². The number of aromatic hydroxyl groups is 1. The van der Waals surface area contributed by atoms with E-state index in [1.54, 1.807) is 54.6 Å². The highest BCUT2D eigenvalue weighted by Gasteiger charge is 2.20. The summed E-state index contributed by atoms with van der Waals surface area (Å²) in [7, 11) is 0. The third-order valence-electron chi connectivity index (χ3n) is 4.61. The van der Waals surface area contributed by atoms with Gasteiger partial charge in [0.2, 0.25) is 0 Å². The number of ketones is 1. The zero-order valence-corrected chi connectivity index (χ0v) is 18.0. The van der Waals surface area contributed by atoms with Gasteiger partial charge in [0.25, 0.3) is 0 Å². The number of ether oxygens (including phenoxy) is 2. The number of hydrogen-bond donors (Lipinski definition) is 2. The molecule has 0 aliphatic heterocycles. The fourth-order valence-electron chi connectivity index (χ4n) is 3.09. The van der Waals surface area contributed by atoms with Crippen molar-refractivity contribution >= 4 is 11.8 Å². The van der Waals surface area contributed by atoms with Crippen molar-refractivity contribution in [2.45, 2.75) is 26.9 Å². The largest absolute Gasteiger partial charge is 0.507 e. The minimum absolute atomic E-state index is 0.124. The maximum absolute atomic E-state index is 12.7. The average molecular weight is 432 g/mol. The third kappa shape index (κ3) is 4.98. The van der Waals surface area contributed by atoms with E-state index < -0.39 is 11.7 Å². The van der Waals surface area contributed by atoms with Crippen molar-refractivity contribution < 1.29 is 29.3 Å². The first-order valence-electron chi connectivity index (χ1n) is 10.1. The Labute approximate surface area is 186 Å². The molecule has 0 saturated carbocycles. The van der Waals surface area contributed by atoms with Gasteiger partial charge in [-0.1, -0.05) is 48.5 Å². The first kappa shape index (κ1) is 22.6. The summed E-state index contributed by atoms with van der Waals surface area (Å²) in [4.78, 5) is 24.8. The Morgan fingerprint density at radius 3 is 2.31 bits per heavy atom. The van der Waals surface area contributed by atoms with Crippen LogP contribution in [0.1, 0.15) is 36.7 Å². The first-order valence-corrected chi connectivity index (χ1v) is 10.1. The van der Waals surface area contributed by atoms with E-state index in [-0.39, 0.29) is 34.7 Å². The lowest BCUT2D eigenvalue weighted by atomic mass is 9.97. The Hall–Kier alpha value is -4.06. The van der Waals surface area contributed by atoms with Gasteiger partial charge < -0.3 is 19.7 Å². The molecule has 164 valence electrons. The van der Waals surface area contributed by atoms with Crippen LogP contribution in [0.15, 0.2) is 78.6 Å². The highest BCUT2D eigenvalue weighted by molar-refractivity contribution is 6.11. The molecule has 0 atom stereocenters. The van der Waals surface area contributed by atoms with Crippen molar-refractivity contribution in [1.29, 1.82) is 0 Å². The molecule has 0 heterocycles. The molecular formula is C26H24O6. The quantitative estimate of drug-likeness (QED) is 0.170. The van der Waals surface area contributed by atoms with Crippen LogP contribution in [0.5, 0.6) is 17.2 Å². The third-order valence-corrected chi connectivity index (χ3v) is 4.61. The van der Waals surface area contributed by atoms with Crippen LogP contribution in [-0.4, -0.2) is 28.1 Å². The van der Waals surface area contributed by atoms with Crippen LogP contribution < -0.4 is 9.47 Å². The molecule has 0 radical (unpaired) electrons. The van der Waals surface area contributed by atoms with Crippen LogP contribution in [0.2, 0.25) is 0 Å². The summed E-state index contributed by atoms with van der Waals surface area (Å²) >= 11 is 0. The van der Waals surface area contributed by atoms with Crippen LogP contribution >= 0.6 is 0 Å². The molecular weight excluding hydrogens is 408 g/mol. The minimum Gasteiger partial charge on any atom is -0.507 e. The van der Waals surface area contributed by atoms with Gasteiger partial charge in [-0.15, -0.1) is 0 Å². The molecule has 0 saturated heterocycles. The number of rotatable bonds is 7. The zero-order valence-electron chi connectivity index (χ0n) is 18.0. The van der Waals surface area contributed by atoms with Crippen molar-refractivity contribution in [3.63, 3.8) is 0 Å². The first-order chi connectivity index (χ1) is 15.3. The van der Waals surface area contributed by atoms with E-state index in [1.165, 1.54) is 19.1 Å². The van der Waals surface area contributed by atoms with Gasteiger partial charge in [0.1, 0.15) is 5.75 Å². The Kier molecular flexibility index (Phi) is 6.95. The normalized spacial score (nSPS) is 11.3. The molecule has 0 aliphatic rings. The second kappa shape index (κ2) is 9.83. The number of allylic oxidation sites excluding steroid dienone is 1. The molecule has 3 aromatic carbocycles. The van der Waals surface area contributed by atoms with E-state index >= 15 is 0 Å². The van der Waals surface area contributed by atoms with Crippen molar-refractivity contribution in [2.24, 2.45) is 0 Å². The van der Waals surface area contributed by atoms with Gasteiger partial charge in [0.05, 0.1) is 11.7 Å². The number of aliphatic hydroxyl groups is 1. The van der Waals surface area contributed by atoms with E-state index in [9.17, 15) is 19.8 Å². The van der Waals surface area contributed by atoms with Crippen molar-refractivity contribution in [2.75, 3.05) is 0 Å². The number of hydrogen-bond acceptors (Lipinski definition) is 6. The Bertz CT molecular complexity index is 1160. The lowest BCUT2D eigenvalue weighted by molar-refractivity contribution is -0.133. The van der Waals surface area contributed by atoms with Gasteiger partial charge in [-0.2, -0.15) is 0 Å². The number of phenols is 1. The van der Waals surface area contributed by atoms with E-state index in [2.05, 4.69) is 0 Å². The van der Waals surface area contributed by atoms with Gasteiger partial charge >= 0.3 is 5.97 Å². The second-order valence-electron chi connectivity index (χ2n) is 7.29. The van der Waals surface area contributed by atoms with Crippen molar-refractivity contribution in [1.82, 2.24) is 0 Å². The lowest BCUT2D eigenvalue weighted by Gasteiger charge is -2.18. The van der Waals surface area contributed by atoms with E-state index in [1.807, 2.05) is 19.9 Å². The number of esters is 1. The lowest BCUT2D eigenvalue weighted by Crippen LogP contribution is -2.13. The van der Waals surface area contributed by atoms with Crippen molar-refractivity contribution in [3.05, 3.63) is 89.7 Å².